The van der Waals surface area contributed by atoms with Crippen LogP contribution in [0.5, 0.6) is 0 Å². The molecule has 0 amide bonds. The van der Waals surface area contributed by atoms with Gasteiger partial charge in [-0.1, -0.05) is 5.11 Å². The van der Waals surface area contributed by atoms with Gasteiger partial charge in [-0.3, -0.25) is 0 Å². The zero-order chi connectivity index (χ0) is 7.11. The van der Waals surface area contributed by atoms with Crippen LogP contribution in [-0.2, 0) is 4.74 Å². The Bertz CT molecular complexity index is 109. The maximum absolute atomic E-state index is 7.87. The average Bonchev–Trinajstić information content (AvgIpc) is 1.89. The van der Waals surface area contributed by atoms with Gasteiger partial charge in [0, 0.05) is 18.6 Å². The van der Waals surface area contributed by atoms with Gasteiger partial charge < -0.3 is 4.74 Å². The highest BCUT2D eigenvalue weighted by Gasteiger charge is 1.94. The van der Waals surface area contributed by atoms with Crippen LogP contribution in [0.2, 0.25) is 0 Å². The zero-order valence-electron chi connectivity index (χ0n) is 5.74. The van der Waals surface area contributed by atoms with Crippen LogP contribution in [0.1, 0.15) is 13.3 Å². The Balaban J connectivity index is 3.16. The molecule has 9 heavy (non-hydrogen) atoms. The lowest BCUT2D eigenvalue weighted by Gasteiger charge is -2.04. The first-order chi connectivity index (χ1) is 4.31. The largest absolute Gasteiger partial charge is 0.382 e. The molecule has 0 bridgehead atoms. The second-order valence-corrected chi connectivity index (χ2v) is 1.79. The molecule has 0 aromatic carbocycles. The minimum absolute atomic E-state index is 0.190. The SMILES string of the molecule is CO[C@H](C)CCN=[N+]=[N-]. The number of nitrogens with zero attached hydrogens (tertiary/aromatic N) is 3. The number of rotatable bonds is 4. The number of methoxy groups -OCH3 is 1. The Morgan fingerprint density at radius 3 is 2.89 bits per heavy atom. The summed E-state index contributed by atoms with van der Waals surface area (Å²) in [7, 11) is 1.64. The molecule has 0 spiro atoms. The topological polar surface area (TPSA) is 58.0 Å². The molecule has 0 aliphatic heterocycles. The first kappa shape index (κ1) is 8.27. The van der Waals surface area contributed by atoms with Crippen molar-refractivity contribution in [3.05, 3.63) is 10.4 Å². The monoisotopic (exact) mass is 129 g/mol. The van der Waals surface area contributed by atoms with Crippen LogP contribution in [0.25, 0.3) is 10.4 Å². The third-order valence-corrected chi connectivity index (χ3v) is 1.10. The van der Waals surface area contributed by atoms with E-state index in [1.54, 1.807) is 7.11 Å². The van der Waals surface area contributed by atoms with Crippen molar-refractivity contribution in [2.75, 3.05) is 13.7 Å². The van der Waals surface area contributed by atoms with Crippen molar-refractivity contribution < 1.29 is 4.74 Å². The van der Waals surface area contributed by atoms with E-state index in [1.165, 1.54) is 0 Å². The number of azide groups is 1. The molecule has 0 unspecified atom stereocenters. The highest BCUT2D eigenvalue weighted by molar-refractivity contribution is 4.52. The molecule has 0 rings (SSSR count). The summed E-state index contributed by atoms with van der Waals surface area (Å²) >= 11 is 0. The van der Waals surface area contributed by atoms with Crippen molar-refractivity contribution >= 4 is 0 Å². The van der Waals surface area contributed by atoms with Crippen LogP contribution in [0.4, 0.5) is 0 Å². The minimum Gasteiger partial charge on any atom is -0.382 e. The Hall–Kier alpha value is -0.730. The van der Waals surface area contributed by atoms with Crippen LogP contribution >= 0.6 is 0 Å². The molecule has 0 radical (unpaired) electrons. The molecule has 0 saturated heterocycles. The second kappa shape index (κ2) is 5.41. The van der Waals surface area contributed by atoms with Crippen molar-refractivity contribution in [2.45, 2.75) is 19.4 Å². The number of hydrogen-bond donors (Lipinski definition) is 0. The standard InChI is InChI=1S/C5H11N3O/c1-5(9-2)3-4-7-8-6/h5H,3-4H2,1-2H3/t5-/m1/s1. The summed E-state index contributed by atoms with van der Waals surface area (Å²) in [6, 6.07) is 0. The van der Waals surface area contributed by atoms with Crippen molar-refractivity contribution in [3.8, 4) is 0 Å². The predicted molar refractivity (Wildman–Crippen MR) is 35.1 cm³/mol. The van der Waals surface area contributed by atoms with Gasteiger partial charge in [-0.15, -0.1) is 0 Å². The molecule has 0 aromatic rings. The molecule has 4 heteroatoms. The van der Waals surface area contributed by atoms with E-state index in [-0.39, 0.29) is 6.10 Å². The summed E-state index contributed by atoms with van der Waals surface area (Å²) < 4.78 is 4.91. The molecule has 0 N–H and O–H groups in total. The summed E-state index contributed by atoms with van der Waals surface area (Å²) in [6.07, 6.45) is 0.982. The van der Waals surface area contributed by atoms with E-state index < -0.39 is 0 Å². The van der Waals surface area contributed by atoms with E-state index in [9.17, 15) is 0 Å². The first-order valence-corrected chi connectivity index (χ1v) is 2.85. The van der Waals surface area contributed by atoms with Gasteiger partial charge in [-0.25, -0.2) is 0 Å². The maximum atomic E-state index is 7.87. The fourth-order valence-electron chi connectivity index (χ4n) is 0.402. The number of ether oxygens (including phenoxy) is 1. The molecule has 0 aliphatic carbocycles. The smallest absolute Gasteiger partial charge is 0.0544 e. The van der Waals surface area contributed by atoms with E-state index in [0.717, 1.165) is 6.42 Å². The minimum atomic E-state index is 0.190. The summed E-state index contributed by atoms with van der Waals surface area (Å²) in [6.45, 7) is 2.46. The zero-order valence-corrected chi connectivity index (χ0v) is 5.74. The second-order valence-electron chi connectivity index (χ2n) is 1.79. The van der Waals surface area contributed by atoms with E-state index in [4.69, 9.17) is 10.3 Å². The van der Waals surface area contributed by atoms with Crippen molar-refractivity contribution in [1.29, 1.82) is 0 Å². The van der Waals surface area contributed by atoms with E-state index in [2.05, 4.69) is 10.0 Å². The van der Waals surface area contributed by atoms with Crippen LogP contribution in [0.15, 0.2) is 5.11 Å². The maximum Gasteiger partial charge on any atom is 0.0544 e. The van der Waals surface area contributed by atoms with Crippen LogP contribution in [0.3, 0.4) is 0 Å². The van der Waals surface area contributed by atoms with Gasteiger partial charge in [0.2, 0.25) is 0 Å². The van der Waals surface area contributed by atoms with Crippen molar-refractivity contribution in [1.82, 2.24) is 0 Å². The Morgan fingerprint density at radius 2 is 2.44 bits per heavy atom. The van der Waals surface area contributed by atoms with Crippen molar-refractivity contribution in [2.24, 2.45) is 5.11 Å². The normalized spacial score (nSPS) is 12.2. The van der Waals surface area contributed by atoms with Gasteiger partial charge in [-0.2, -0.15) is 0 Å². The lowest BCUT2D eigenvalue weighted by atomic mass is 10.3. The van der Waals surface area contributed by atoms with Gasteiger partial charge in [0.15, 0.2) is 0 Å². The molecule has 0 heterocycles. The Labute approximate surface area is 54.4 Å². The molecular weight excluding hydrogens is 118 g/mol. The fourth-order valence-corrected chi connectivity index (χ4v) is 0.402. The fraction of sp³-hybridized carbons (Fsp3) is 1.00. The Kier molecular flexibility index (Phi) is 4.97. The average molecular weight is 129 g/mol. The lowest BCUT2D eigenvalue weighted by Crippen LogP contribution is -2.05. The summed E-state index contributed by atoms with van der Waals surface area (Å²) in [5, 5.41) is 3.36. The van der Waals surface area contributed by atoms with Crippen LogP contribution in [0, 0.1) is 0 Å². The van der Waals surface area contributed by atoms with Gasteiger partial charge >= 0.3 is 0 Å². The summed E-state index contributed by atoms with van der Waals surface area (Å²) in [5.41, 5.74) is 7.87. The summed E-state index contributed by atoms with van der Waals surface area (Å²) in [4.78, 5) is 2.61. The molecule has 0 aromatic heterocycles. The number of hydrogen-bond acceptors (Lipinski definition) is 2. The quantitative estimate of drug-likeness (QED) is 0.324. The third kappa shape index (κ3) is 5.14. The molecular formula is C5H11N3O. The lowest BCUT2D eigenvalue weighted by molar-refractivity contribution is 0.113. The van der Waals surface area contributed by atoms with Gasteiger partial charge in [-0.05, 0) is 18.9 Å². The van der Waals surface area contributed by atoms with E-state index in [0.29, 0.717) is 6.54 Å². The van der Waals surface area contributed by atoms with Gasteiger partial charge in [0.25, 0.3) is 0 Å². The molecule has 52 valence electrons. The molecule has 0 aliphatic rings. The predicted octanol–water partition coefficient (Wildman–Crippen LogP) is 1.72. The highest BCUT2D eigenvalue weighted by Crippen LogP contribution is 1.94. The molecule has 4 nitrogen and oxygen atoms in total. The Morgan fingerprint density at radius 1 is 1.78 bits per heavy atom. The first-order valence-electron chi connectivity index (χ1n) is 2.85. The van der Waals surface area contributed by atoms with Crippen LogP contribution < -0.4 is 0 Å². The molecule has 0 saturated carbocycles. The molecule has 1 atom stereocenters. The van der Waals surface area contributed by atoms with E-state index >= 15 is 0 Å². The highest BCUT2D eigenvalue weighted by atomic mass is 16.5. The van der Waals surface area contributed by atoms with Gasteiger partial charge in [0.05, 0.1) is 6.10 Å². The molecule has 0 fully saturated rings. The van der Waals surface area contributed by atoms with Crippen molar-refractivity contribution in [3.63, 3.8) is 0 Å². The van der Waals surface area contributed by atoms with Gasteiger partial charge in [0.1, 0.15) is 0 Å². The third-order valence-electron chi connectivity index (χ3n) is 1.10. The summed E-state index contributed by atoms with van der Waals surface area (Å²) in [5.74, 6) is 0. The van der Waals surface area contributed by atoms with E-state index in [1.807, 2.05) is 6.92 Å². The van der Waals surface area contributed by atoms with Crippen LogP contribution in [-0.4, -0.2) is 19.8 Å².